The Hall–Kier alpha value is -0.540. The van der Waals surface area contributed by atoms with Crippen LogP contribution in [0.15, 0.2) is 0 Å². The Balaban J connectivity index is 1.95. The minimum absolute atomic E-state index is 0.580. The largest absolute Gasteiger partial charge is 0.330 e. The lowest BCUT2D eigenvalue weighted by Crippen LogP contribution is -2.22. The van der Waals surface area contributed by atoms with Crippen LogP contribution in [0.25, 0.3) is 0 Å². The molecule has 0 aromatic carbocycles. The topological polar surface area (TPSA) is 21.1 Å². The molecule has 1 fully saturated rings. The Kier molecular flexibility index (Phi) is 2.91. The summed E-state index contributed by atoms with van der Waals surface area (Å²) in [6.45, 7) is 5.73. The van der Waals surface area contributed by atoms with Crippen molar-refractivity contribution in [1.29, 1.82) is 0 Å². The van der Waals surface area contributed by atoms with E-state index in [4.69, 9.17) is 11.6 Å². The number of rotatable bonds is 1. The lowest BCUT2D eigenvalue weighted by molar-refractivity contribution is 0.376. The number of hydrogen-bond acceptors (Lipinski definition) is 2. The third-order valence-corrected chi connectivity index (χ3v) is 4.48. The van der Waals surface area contributed by atoms with E-state index in [0.29, 0.717) is 5.92 Å². The van der Waals surface area contributed by atoms with E-state index >= 15 is 0 Å². The molecule has 0 radical (unpaired) electrons. The third-order valence-electron chi connectivity index (χ3n) is 4.18. The number of halogens is 1. The lowest BCUT2D eigenvalue weighted by atomic mass is 9.99. The smallest absolute Gasteiger partial charge is 0.150 e. The SMILES string of the molecule is CC1CCc2c(Cl)nc(C3CCN(C)C3)n2C1. The van der Waals surface area contributed by atoms with E-state index in [2.05, 4.69) is 28.4 Å². The second-order valence-electron chi connectivity index (χ2n) is 5.71. The quantitative estimate of drug-likeness (QED) is 0.767. The fourth-order valence-electron chi connectivity index (χ4n) is 3.16. The molecule has 0 amide bonds. The van der Waals surface area contributed by atoms with Gasteiger partial charge in [0.15, 0.2) is 5.15 Å². The van der Waals surface area contributed by atoms with Crippen molar-refractivity contribution >= 4 is 11.6 Å². The fraction of sp³-hybridized carbons (Fsp3) is 0.769. The van der Waals surface area contributed by atoms with Gasteiger partial charge in [-0.15, -0.1) is 0 Å². The van der Waals surface area contributed by atoms with E-state index < -0.39 is 0 Å². The second kappa shape index (κ2) is 4.29. The molecule has 94 valence electrons. The summed E-state index contributed by atoms with van der Waals surface area (Å²) in [5.74, 6) is 2.57. The molecule has 0 spiro atoms. The Bertz CT molecular complexity index is 427. The zero-order valence-corrected chi connectivity index (χ0v) is 11.4. The van der Waals surface area contributed by atoms with Gasteiger partial charge in [0, 0.05) is 19.0 Å². The molecule has 0 aliphatic carbocycles. The van der Waals surface area contributed by atoms with Gasteiger partial charge in [-0.3, -0.25) is 0 Å². The van der Waals surface area contributed by atoms with Crippen LogP contribution in [-0.2, 0) is 13.0 Å². The number of nitrogens with zero attached hydrogens (tertiary/aromatic N) is 3. The van der Waals surface area contributed by atoms with E-state index in [0.717, 1.165) is 30.6 Å². The summed E-state index contributed by atoms with van der Waals surface area (Å²) < 4.78 is 2.40. The van der Waals surface area contributed by atoms with Gasteiger partial charge in [0.25, 0.3) is 0 Å². The van der Waals surface area contributed by atoms with Crippen LogP contribution in [0.3, 0.4) is 0 Å². The molecule has 2 unspecified atom stereocenters. The van der Waals surface area contributed by atoms with E-state index in [1.54, 1.807) is 0 Å². The molecule has 3 nitrogen and oxygen atoms in total. The predicted molar refractivity (Wildman–Crippen MR) is 69.6 cm³/mol. The predicted octanol–water partition coefficient (Wildman–Crippen LogP) is 2.54. The molecule has 2 aliphatic heterocycles. The molecule has 0 N–H and O–H groups in total. The van der Waals surface area contributed by atoms with E-state index in [9.17, 15) is 0 Å². The maximum atomic E-state index is 6.28. The van der Waals surface area contributed by atoms with Gasteiger partial charge < -0.3 is 9.47 Å². The molecule has 3 heterocycles. The molecule has 17 heavy (non-hydrogen) atoms. The molecule has 0 saturated carbocycles. The van der Waals surface area contributed by atoms with Gasteiger partial charge in [-0.05, 0) is 38.8 Å². The molecule has 1 aromatic rings. The molecule has 2 atom stereocenters. The summed E-state index contributed by atoms with van der Waals surface area (Å²) in [6.07, 6.45) is 3.56. The molecule has 1 aromatic heterocycles. The van der Waals surface area contributed by atoms with Gasteiger partial charge in [0.2, 0.25) is 0 Å². The van der Waals surface area contributed by atoms with Crippen LogP contribution < -0.4 is 0 Å². The number of likely N-dealkylation sites (N-methyl/N-ethyl adjacent to an activating group) is 1. The average Bonchev–Trinajstić information content (AvgIpc) is 2.83. The molecular formula is C13H20ClN3. The molecule has 3 rings (SSSR count). The minimum atomic E-state index is 0.580. The highest BCUT2D eigenvalue weighted by atomic mass is 35.5. The molecule has 2 aliphatic rings. The van der Waals surface area contributed by atoms with Gasteiger partial charge in [-0.2, -0.15) is 0 Å². The van der Waals surface area contributed by atoms with E-state index in [1.807, 2.05) is 0 Å². The summed E-state index contributed by atoms with van der Waals surface area (Å²) >= 11 is 6.28. The van der Waals surface area contributed by atoms with Crippen LogP contribution in [-0.4, -0.2) is 34.6 Å². The average molecular weight is 254 g/mol. The molecule has 0 bridgehead atoms. The van der Waals surface area contributed by atoms with Crippen molar-refractivity contribution in [1.82, 2.24) is 14.5 Å². The number of aromatic nitrogens is 2. The van der Waals surface area contributed by atoms with Crippen LogP contribution in [0.2, 0.25) is 5.15 Å². The molecule has 4 heteroatoms. The molecular weight excluding hydrogens is 234 g/mol. The van der Waals surface area contributed by atoms with Crippen LogP contribution in [0.4, 0.5) is 0 Å². The Morgan fingerprint density at radius 3 is 2.82 bits per heavy atom. The standard InChI is InChI=1S/C13H20ClN3/c1-9-3-4-11-12(14)15-13(17(11)7-9)10-5-6-16(2)8-10/h9-10H,3-8H2,1-2H3. The van der Waals surface area contributed by atoms with Crippen molar-refractivity contribution in [3.05, 3.63) is 16.7 Å². The van der Waals surface area contributed by atoms with Crippen molar-refractivity contribution in [2.24, 2.45) is 5.92 Å². The summed E-state index contributed by atoms with van der Waals surface area (Å²) in [5, 5.41) is 0.751. The second-order valence-corrected chi connectivity index (χ2v) is 6.07. The van der Waals surface area contributed by atoms with Gasteiger partial charge in [0.1, 0.15) is 5.82 Å². The highest BCUT2D eigenvalue weighted by Crippen LogP contribution is 2.33. The Labute approximate surface area is 108 Å². The van der Waals surface area contributed by atoms with E-state index in [1.165, 1.54) is 30.9 Å². The van der Waals surface area contributed by atoms with Crippen LogP contribution in [0, 0.1) is 5.92 Å². The maximum absolute atomic E-state index is 6.28. The Morgan fingerprint density at radius 1 is 1.29 bits per heavy atom. The summed E-state index contributed by atoms with van der Waals surface area (Å²) in [4.78, 5) is 7.03. The Morgan fingerprint density at radius 2 is 2.12 bits per heavy atom. The van der Waals surface area contributed by atoms with Gasteiger partial charge >= 0.3 is 0 Å². The van der Waals surface area contributed by atoms with Crippen molar-refractivity contribution in [2.75, 3.05) is 20.1 Å². The first-order valence-electron chi connectivity index (χ1n) is 6.58. The van der Waals surface area contributed by atoms with Gasteiger partial charge in [0.05, 0.1) is 5.69 Å². The zero-order chi connectivity index (χ0) is 12.0. The normalized spacial score (nSPS) is 29.6. The molecule has 1 saturated heterocycles. The maximum Gasteiger partial charge on any atom is 0.150 e. The van der Waals surface area contributed by atoms with E-state index in [-0.39, 0.29) is 0 Å². The highest BCUT2D eigenvalue weighted by Gasteiger charge is 2.30. The van der Waals surface area contributed by atoms with Crippen molar-refractivity contribution in [3.8, 4) is 0 Å². The van der Waals surface area contributed by atoms with Crippen molar-refractivity contribution in [2.45, 2.75) is 38.6 Å². The van der Waals surface area contributed by atoms with Crippen LogP contribution in [0.5, 0.6) is 0 Å². The van der Waals surface area contributed by atoms with Crippen LogP contribution in [0.1, 0.15) is 37.2 Å². The number of hydrogen-bond donors (Lipinski definition) is 0. The van der Waals surface area contributed by atoms with Crippen LogP contribution >= 0.6 is 11.6 Å². The zero-order valence-electron chi connectivity index (χ0n) is 10.6. The van der Waals surface area contributed by atoms with Crippen molar-refractivity contribution < 1.29 is 0 Å². The monoisotopic (exact) mass is 253 g/mol. The first kappa shape index (κ1) is 11.5. The number of fused-ring (bicyclic) bond motifs is 1. The number of imidazole rings is 1. The summed E-state index contributed by atoms with van der Waals surface area (Å²) in [7, 11) is 2.18. The highest BCUT2D eigenvalue weighted by molar-refractivity contribution is 6.30. The van der Waals surface area contributed by atoms with Crippen molar-refractivity contribution in [3.63, 3.8) is 0 Å². The fourth-order valence-corrected chi connectivity index (χ4v) is 3.44. The minimum Gasteiger partial charge on any atom is -0.330 e. The first-order chi connectivity index (χ1) is 8.15. The third kappa shape index (κ3) is 2.00. The summed E-state index contributed by atoms with van der Waals surface area (Å²) in [5.41, 5.74) is 1.27. The lowest BCUT2D eigenvalue weighted by Gasteiger charge is -2.24. The first-order valence-corrected chi connectivity index (χ1v) is 6.96. The van der Waals surface area contributed by atoms with Gasteiger partial charge in [-0.25, -0.2) is 4.98 Å². The van der Waals surface area contributed by atoms with Gasteiger partial charge in [-0.1, -0.05) is 18.5 Å². The number of likely N-dealkylation sites (tertiary alicyclic amines) is 1. The summed E-state index contributed by atoms with van der Waals surface area (Å²) in [6, 6.07) is 0.